The standard InChI is InChI=1S/C14H22O5.C10H14O3.C2H4O/c15-6-8-17-11-14(12-18-9-7-16)19-10-13-4-2-1-3-5-13;11-6-10(7-12)13-8-9-4-2-1-3-5-9;1-2-3-1/h1-5,14-16H,6-12H2;1-5,10-12H,6-8H2;1-2H2. The number of hydrogen-bond acceptors (Lipinski definition) is 9. The average molecular weight is 497 g/mol. The van der Waals surface area contributed by atoms with E-state index in [9.17, 15) is 0 Å². The van der Waals surface area contributed by atoms with Crippen molar-refractivity contribution < 1.29 is 44.1 Å². The molecule has 0 amide bonds. The van der Waals surface area contributed by atoms with Gasteiger partial charge < -0.3 is 44.1 Å². The van der Waals surface area contributed by atoms with Crippen LogP contribution in [0.1, 0.15) is 11.1 Å². The Balaban J connectivity index is 0.000000328. The first-order valence-electron chi connectivity index (χ1n) is 11.7. The van der Waals surface area contributed by atoms with Crippen molar-refractivity contribution in [2.75, 3.05) is 66.1 Å². The Morgan fingerprint density at radius 2 is 1.03 bits per heavy atom. The molecule has 2 aromatic carbocycles. The number of hydrogen-bond donors (Lipinski definition) is 4. The lowest BCUT2D eigenvalue weighted by atomic mass is 10.2. The molecule has 4 N–H and O–H groups in total. The van der Waals surface area contributed by atoms with Gasteiger partial charge in [-0.1, -0.05) is 60.7 Å². The van der Waals surface area contributed by atoms with Gasteiger partial charge in [-0.3, -0.25) is 0 Å². The van der Waals surface area contributed by atoms with Gasteiger partial charge in [0.2, 0.25) is 0 Å². The Morgan fingerprint density at radius 1 is 0.629 bits per heavy atom. The molecule has 0 bridgehead atoms. The van der Waals surface area contributed by atoms with Gasteiger partial charge in [-0.2, -0.15) is 0 Å². The number of benzene rings is 2. The van der Waals surface area contributed by atoms with Gasteiger partial charge in [0, 0.05) is 0 Å². The van der Waals surface area contributed by atoms with E-state index in [0.717, 1.165) is 24.3 Å². The molecule has 1 aliphatic rings. The Labute approximate surface area is 207 Å². The first-order chi connectivity index (χ1) is 17.2. The van der Waals surface area contributed by atoms with Crippen LogP contribution in [0.25, 0.3) is 0 Å². The smallest absolute Gasteiger partial charge is 0.105 e. The van der Waals surface area contributed by atoms with Crippen LogP contribution in [0, 0.1) is 0 Å². The number of rotatable bonds is 16. The molecule has 35 heavy (non-hydrogen) atoms. The molecule has 1 aliphatic heterocycles. The normalized spacial score (nSPS) is 12.1. The number of epoxide rings is 1. The molecule has 3 rings (SSSR count). The number of ether oxygens (including phenoxy) is 5. The van der Waals surface area contributed by atoms with Gasteiger partial charge in [0.1, 0.15) is 12.2 Å². The lowest BCUT2D eigenvalue weighted by Crippen LogP contribution is -2.27. The molecule has 198 valence electrons. The first-order valence-corrected chi connectivity index (χ1v) is 11.7. The van der Waals surface area contributed by atoms with Gasteiger partial charge in [0.15, 0.2) is 0 Å². The Hall–Kier alpha value is -1.92. The molecule has 0 spiro atoms. The molecule has 0 aromatic heterocycles. The highest BCUT2D eigenvalue weighted by Gasteiger charge is 2.10. The van der Waals surface area contributed by atoms with E-state index < -0.39 is 6.10 Å². The summed E-state index contributed by atoms with van der Waals surface area (Å²) in [5.74, 6) is 0. The van der Waals surface area contributed by atoms with Crippen LogP contribution < -0.4 is 0 Å². The fourth-order valence-corrected chi connectivity index (χ4v) is 2.44. The van der Waals surface area contributed by atoms with Crippen LogP contribution in [0.2, 0.25) is 0 Å². The zero-order chi connectivity index (χ0) is 25.4. The highest BCUT2D eigenvalue weighted by molar-refractivity contribution is 5.14. The monoisotopic (exact) mass is 496 g/mol. The fraction of sp³-hybridized carbons (Fsp3) is 0.538. The summed E-state index contributed by atoms with van der Waals surface area (Å²) in [4.78, 5) is 0. The molecule has 2 aromatic rings. The van der Waals surface area contributed by atoms with Crippen molar-refractivity contribution >= 4 is 0 Å². The van der Waals surface area contributed by atoms with Crippen LogP contribution in [-0.2, 0) is 36.9 Å². The van der Waals surface area contributed by atoms with Gasteiger partial charge in [0.25, 0.3) is 0 Å². The van der Waals surface area contributed by atoms with E-state index in [-0.39, 0.29) is 45.7 Å². The van der Waals surface area contributed by atoms with Crippen LogP contribution in [0.5, 0.6) is 0 Å². The fourth-order valence-electron chi connectivity index (χ4n) is 2.44. The molecule has 0 saturated carbocycles. The van der Waals surface area contributed by atoms with Gasteiger partial charge in [-0.15, -0.1) is 0 Å². The van der Waals surface area contributed by atoms with E-state index in [1.807, 2.05) is 60.7 Å². The van der Waals surface area contributed by atoms with Crippen molar-refractivity contribution in [2.45, 2.75) is 25.4 Å². The SMILES string of the molecule is C1CO1.OCC(CO)OCc1ccccc1.OCCOCC(COCCO)OCc1ccccc1. The minimum Gasteiger partial charge on any atom is -0.394 e. The predicted octanol–water partition coefficient (Wildman–Crippen LogP) is 1.16. The second-order valence-corrected chi connectivity index (χ2v) is 7.41. The summed E-state index contributed by atoms with van der Waals surface area (Å²) in [5, 5.41) is 34.8. The van der Waals surface area contributed by atoms with Crippen molar-refractivity contribution in [1.82, 2.24) is 0 Å². The molecule has 0 unspecified atom stereocenters. The van der Waals surface area contributed by atoms with E-state index in [2.05, 4.69) is 4.74 Å². The zero-order valence-corrected chi connectivity index (χ0v) is 20.2. The quantitative estimate of drug-likeness (QED) is 0.200. The van der Waals surface area contributed by atoms with Crippen molar-refractivity contribution in [3.8, 4) is 0 Å². The maximum atomic E-state index is 8.72. The number of aliphatic hydroxyl groups excluding tert-OH is 4. The maximum absolute atomic E-state index is 8.72. The van der Waals surface area contributed by atoms with Crippen LogP contribution in [0.3, 0.4) is 0 Å². The highest BCUT2D eigenvalue weighted by atomic mass is 16.6. The zero-order valence-electron chi connectivity index (χ0n) is 20.2. The van der Waals surface area contributed by atoms with Gasteiger partial charge in [0.05, 0.1) is 79.3 Å². The van der Waals surface area contributed by atoms with E-state index >= 15 is 0 Å². The molecule has 0 radical (unpaired) electrons. The van der Waals surface area contributed by atoms with Crippen LogP contribution >= 0.6 is 0 Å². The highest BCUT2D eigenvalue weighted by Crippen LogP contribution is 2.05. The third-order valence-electron chi connectivity index (χ3n) is 4.35. The van der Waals surface area contributed by atoms with E-state index in [4.69, 9.17) is 39.4 Å². The third-order valence-corrected chi connectivity index (χ3v) is 4.35. The molecular weight excluding hydrogens is 456 g/mol. The van der Waals surface area contributed by atoms with Crippen molar-refractivity contribution in [3.63, 3.8) is 0 Å². The molecule has 1 saturated heterocycles. The Kier molecular flexibility index (Phi) is 20.0. The summed E-state index contributed by atoms with van der Waals surface area (Å²) in [6.07, 6.45) is -0.682. The summed E-state index contributed by atoms with van der Waals surface area (Å²) >= 11 is 0. The second kappa shape index (κ2) is 22.5. The third kappa shape index (κ3) is 19.0. The average Bonchev–Trinajstić information content (AvgIpc) is 3.79. The summed E-state index contributed by atoms with van der Waals surface area (Å²) in [6, 6.07) is 19.5. The first kappa shape index (κ1) is 31.1. The Bertz CT molecular complexity index is 669. The Morgan fingerprint density at radius 3 is 1.37 bits per heavy atom. The minimum atomic E-state index is -0.472. The van der Waals surface area contributed by atoms with Crippen LogP contribution in [-0.4, -0.2) is 98.7 Å². The van der Waals surface area contributed by atoms with Crippen LogP contribution in [0.4, 0.5) is 0 Å². The van der Waals surface area contributed by atoms with Crippen molar-refractivity contribution in [1.29, 1.82) is 0 Å². The molecule has 9 heteroatoms. The molecular formula is C26H40O9. The molecule has 9 nitrogen and oxygen atoms in total. The van der Waals surface area contributed by atoms with E-state index in [1.54, 1.807) is 0 Å². The summed E-state index contributed by atoms with van der Waals surface area (Å²) in [5.41, 5.74) is 2.12. The molecule has 1 fully saturated rings. The second-order valence-electron chi connectivity index (χ2n) is 7.41. The molecule has 0 aliphatic carbocycles. The molecule has 1 heterocycles. The molecule has 0 atom stereocenters. The van der Waals surface area contributed by atoms with Gasteiger partial charge in [-0.25, -0.2) is 0 Å². The minimum absolute atomic E-state index is 0.0110. The maximum Gasteiger partial charge on any atom is 0.105 e. The van der Waals surface area contributed by atoms with Crippen molar-refractivity contribution in [3.05, 3.63) is 71.8 Å². The summed E-state index contributed by atoms with van der Waals surface area (Å²) < 4.78 is 25.9. The lowest BCUT2D eigenvalue weighted by Gasteiger charge is -2.18. The largest absolute Gasteiger partial charge is 0.394 e. The summed E-state index contributed by atoms with van der Waals surface area (Å²) in [7, 11) is 0. The van der Waals surface area contributed by atoms with Crippen molar-refractivity contribution in [2.24, 2.45) is 0 Å². The predicted molar refractivity (Wildman–Crippen MR) is 131 cm³/mol. The van der Waals surface area contributed by atoms with Crippen LogP contribution in [0.15, 0.2) is 60.7 Å². The van der Waals surface area contributed by atoms with Gasteiger partial charge >= 0.3 is 0 Å². The summed E-state index contributed by atoms with van der Waals surface area (Å²) in [6.45, 7) is 3.87. The topological polar surface area (TPSA) is 130 Å². The lowest BCUT2D eigenvalue weighted by molar-refractivity contribution is -0.0731. The van der Waals surface area contributed by atoms with E-state index in [1.165, 1.54) is 0 Å². The number of aliphatic hydroxyl groups is 4. The van der Waals surface area contributed by atoms with E-state index in [0.29, 0.717) is 26.4 Å². The van der Waals surface area contributed by atoms with Gasteiger partial charge in [-0.05, 0) is 11.1 Å².